The van der Waals surface area contributed by atoms with E-state index in [9.17, 15) is 19.5 Å². The second-order valence-electron chi connectivity index (χ2n) is 10.2. The quantitative estimate of drug-likeness (QED) is 0.272. The smallest absolute Gasteiger partial charge is 0.235 e. The lowest BCUT2D eigenvalue weighted by molar-refractivity contribution is -0.614. The lowest BCUT2D eigenvalue weighted by Crippen LogP contribution is -2.39. The predicted octanol–water partition coefficient (Wildman–Crippen LogP) is 5.19. The highest BCUT2D eigenvalue weighted by Gasteiger charge is 2.33. The number of phenolic OH excluding ortho intramolecular Hbond substituents is 1. The second kappa shape index (κ2) is 10.7. The monoisotopic (exact) mass is 514 g/mol. The summed E-state index contributed by atoms with van der Waals surface area (Å²) >= 11 is 0. The SMILES string of the molecule is CC(C)c1ccc(N(Cc2cnn(Cc3ccc(F)cc3)c2)C(=O)C2CCCc3c(O)cccc32)c[n+]1[O-]. The van der Waals surface area contributed by atoms with Crippen LogP contribution in [0.15, 0.2) is 73.2 Å². The van der Waals surface area contributed by atoms with Gasteiger partial charge >= 0.3 is 0 Å². The number of phenols is 1. The zero-order valence-electron chi connectivity index (χ0n) is 21.5. The number of halogens is 1. The first-order valence-electron chi connectivity index (χ1n) is 12.9. The van der Waals surface area contributed by atoms with Crippen LogP contribution < -0.4 is 9.63 Å². The number of carbonyl (C=O) groups is 1. The zero-order chi connectivity index (χ0) is 26.8. The third-order valence-electron chi connectivity index (χ3n) is 7.16. The van der Waals surface area contributed by atoms with E-state index in [-0.39, 0.29) is 29.9 Å². The Bertz CT molecular complexity index is 1450. The fraction of sp³-hybridized carbons (Fsp3) is 0.300. The van der Waals surface area contributed by atoms with Crippen molar-refractivity contribution in [3.05, 3.63) is 112 Å². The van der Waals surface area contributed by atoms with Crippen molar-refractivity contribution in [1.29, 1.82) is 0 Å². The Morgan fingerprint density at radius 2 is 1.97 bits per heavy atom. The van der Waals surface area contributed by atoms with Crippen molar-refractivity contribution in [2.75, 3.05) is 4.90 Å². The van der Waals surface area contributed by atoms with E-state index in [1.165, 1.54) is 18.3 Å². The Morgan fingerprint density at radius 3 is 2.71 bits per heavy atom. The number of aromatic hydroxyl groups is 1. The summed E-state index contributed by atoms with van der Waals surface area (Å²) in [5.74, 6) is -0.582. The van der Waals surface area contributed by atoms with Gasteiger partial charge in [-0.05, 0) is 60.2 Å². The number of aromatic nitrogens is 3. The van der Waals surface area contributed by atoms with Gasteiger partial charge < -0.3 is 15.2 Å². The molecule has 2 aromatic carbocycles. The van der Waals surface area contributed by atoms with E-state index in [2.05, 4.69) is 5.10 Å². The predicted molar refractivity (Wildman–Crippen MR) is 142 cm³/mol. The lowest BCUT2D eigenvalue weighted by atomic mass is 9.81. The number of benzene rings is 2. The molecule has 1 amide bonds. The molecule has 196 valence electrons. The first-order valence-corrected chi connectivity index (χ1v) is 12.9. The van der Waals surface area contributed by atoms with Gasteiger partial charge in [0.1, 0.15) is 17.3 Å². The van der Waals surface area contributed by atoms with Crippen LogP contribution in [0.4, 0.5) is 10.1 Å². The first-order chi connectivity index (χ1) is 18.3. The molecule has 4 aromatic rings. The van der Waals surface area contributed by atoms with Crippen molar-refractivity contribution in [2.24, 2.45) is 0 Å². The number of fused-ring (bicyclic) bond motifs is 1. The first kappa shape index (κ1) is 25.4. The number of nitrogens with zero attached hydrogens (tertiary/aromatic N) is 4. The Balaban J connectivity index is 1.47. The number of pyridine rings is 1. The van der Waals surface area contributed by atoms with Gasteiger partial charge in [0.25, 0.3) is 0 Å². The van der Waals surface area contributed by atoms with Crippen LogP contribution in [0.5, 0.6) is 5.75 Å². The number of carbonyl (C=O) groups excluding carboxylic acids is 1. The van der Waals surface area contributed by atoms with Crippen LogP contribution in [0.25, 0.3) is 0 Å². The third kappa shape index (κ3) is 5.25. The minimum absolute atomic E-state index is 0.0450. The minimum atomic E-state index is -0.426. The van der Waals surface area contributed by atoms with Crippen LogP contribution in [-0.2, 0) is 24.3 Å². The molecule has 5 rings (SSSR count). The fourth-order valence-corrected chi connectivity index (χ4v) is 5.19. The zero-order valence-corrected chi connectivity index (χ0v) is 21.5. The summed E-state index contributed by atoms with van der Waals surface area (Å²) in [6.45, 7) is 4.60. The summed E-state index contributed by atoms with van der Waals surface area (Å²) in [5.41, 5.74) is 4.50. The lowest BCUT2D eigenvalue weighted by Gasteiger charge is -2.30. The van der Waals surface area contributed by atoms with Crippen molar-refractivity contribution in [2.45, 2.75) is 58.0 Å². The van der Waals surface area contributed by atoms with Crippen LogP contribution in [0.3, 0.4) is 0 Å². The highest BCUT2D eigenvalue weighted by atomic mass is 19.1. The third-order valence-corrected chi connectivity index (χ3v) is 7.16. The van der Waals surface area contributed by atoms with Gasteiger partial charge in [0.2, 0.25) is 12.1 Å². The molecule has 0 aliphatic heterocycles. The molecule has 1 aliphatic rings. The number of rotatable bonds is 7. The Morgan fingerprint density at radius 1 is 1.18 bits per heavy atom. The van der Waals surface area contributed by atoms with Crippen LogP contribution in [0.1, 0.15) is 66.5 Å². The molecule has 0 saturated heterocycles. The van der Waals surface area contributed by atoms with Crippen molar-refractivity contribution in [3.8, 4) is 5.75 Å². The fourth-order valence-electron chi connectivity index (χ4n) is 5.19. The number of hydrogen-bond acceptors (Lipinski definition) is 4. The van der Waals surface area contributed by atoms with Gasteiger partial charge in [0, 0.05) is 23.7 Å². The molecule has 1 unspecified atom stereocenters. The van der Waals surface area contributed by atoms with Gasteiger partial charge in [-0.1, -0.05) is 38.1 Å². The summed E-state index contributed by atoms with van der Waals surface area (Å²) < 4.78 is 15.9. The Hall–Kier alpha value is -4.20. The second-order valence-corrected chi connectivity index (χ2v) is 10.2. The van der Waals surface area contributed by atoms with Crippen LogP contribution in [-0.4, -0.2) is 20.8 Å². The van der Waals surface area contributed by atoms with E-state index in [1.54, 1.807) is 46.1 Å². The van der Waals surface area contributed by atoms with Crippen LogP contribution in [0.2, 0.25) is 0 Å². The maximum Gasteiger partial charge on any atom is 0.235 e. The van der Waals surface area contributed by atoms with Gasteiger partial charge in [-0.15, -0.1) is 0 Å². The van der Waals surface area contributed by atoms with E-state index >= 15 is 0 Å². The normalized spacial score (nSPS) is 14.9. The van der Waals surface area contributed by atoms with Gasteiger partial charge in [-0.3, -0.25) is 9.48 Å². The van der Waals surface area contributed by atoms with Gasteiger partial charge in [-0.2, -0.15) is 9.83 Å². The van der Waals surface area contributed by atoms with Gasteiger partial charge in [0.05, 0.1) is 25.2 Å². The molecule has 7 nitrogen and oxygen atoms in total. The highest BCUT2D eigenvalue weighted by Crippen LogP contribution is 2.38. The van der Waals surface area contributed by atoms with Crippen LogP contribution in [0, 0.1) is 11.0 Å². The molecule has 0 saturated carbocycles. The molecule has 2 heterocycles. The van der Waals surface area contributed by atoms with E-state index in [1.807, 2.05) is 32.2 Å². The van der Waals surface area contributed by atoms with E-state index in [4.69, 9.17) is 0 Å². The molecule has 38 heavy (non-hydrogen) atoms. The topological polar surface area (TPSA) is 85.3 Å². The maximum atomic E-state index is 14.1. The minimum Gasteiger partial charge on any atom is -0.618 e. The number of amides is 1. The van der Waals surface area contributed by atoms with Crippen LogP contribution >= 0.6 is 0 Å². The largest absolute Gasteiger partial charge is 0.618 e. The van der Waals surface area contributed by atoms with Gasteiger partial charge in [-0.25, -0.2) is 4.39 Å². The maximum absolute atomic E-state index is 14.1. The molecule has 0 bridgehead atoms. The molecular weight excluding hydrogens is 483 g/mol. The molecule has 1 atom stereocenters. The summed E-state index contributed by atoms with van der Waals surface area (Å²) in [5, 5.41) is 27.7. The Labute approximate surface area is 221 Å². The summed E-state index contributed by atoms with van der Waals surface area (Å²) in [6, 6.07) is 15.2. The summed E-state index contributed by atoms with van der Waals surface area (Å²) in [4.78, 5) is 15.7. The Kier molecular flexibility index (Phi) is 7.13. The molecular formula is C30H31FN4O3. The molecule has 0 radical (unpaired) electrons. The number of hydrogen-bond donors (Lipinski definition) is 1. The highest BCUT2D eigenvalue weighted by molar-refractivity contribution is 5.98. The van der Waals surface area contributed by atoms with Crippen molar-refractivity contribution in [3.63, 3.8) is 0 Å². The standard InChI is InChI=1S/C30H31FN4O3/c1-20(2)28-14-13-24(19-35(28)38)34(30(37)27-7-3-6-26-25(27)5-4-8-29(26)36)18-22-15-32-33(17-22)16-21-9-11-23(31)12-10-21/h4-5,8-15,17,19-20,27,36H,3,6-7,16,18H2,1-2H3. The average Bonchev–Trinajstić information content (AvgIpc) is 3.35. The summed E-state index contributed by atoms with van der Waals surface area (Å²) in [6.07, 6.45) is 7.21. The number of anilines is 1. The van der Waals surface area contributed by atoms with Crippen molar-refractivity contribution < 1.29 is 19.0 Å². The molecule has 8 heteroatoms. The van der Waals surface area contributed by atoms with E-state index in [0.29, 0.717) is 24.3 Å². The average molecular weight is 515 g/mol. The van der Waals surface area contributed by atoms with Gasteiger partial charge in [0.15, 0.2) is 5.69 Å². The summed E-state index contributed by atoms with van der Waals surface area (Å²) in [7, 11) is 0. The van der Waals surface area contributed by atoms with E-state index < -0.39 is 5.92 Å². The molecule has 0 fully saturated rings. The molecule has 0 spiro atoms. The molecule has 1 N–H and O–H groups in total. The molecule has 2 aromatic heterocycles. The van der Waals surface area contributed by atoms with E-state index in [0.717, 1.165) is 39.8 Å². The molecule has 1 aliphatic carbocycles. The van der Waals surface area contributed by atoms with Crippen molar-refractivity contribution in [1.82, 2.24) is 9.78 Å². The van der Waals surface area contributed by atoms with Crippen molar-refractivity contribution >= 4 is 11.6 Å².